The lowest BCUT2D eigenvalue weighted by Gasteiger charge is -2.30. The van der Waals surface area contributed by atoms with Gasteiger partial charge in [-0.3, -0.25) is 22.8 Å². The van der Waals surface area contributed by atoms with E-state index in [2.05, 4.69) is 0 Å². The maximum Gasteiger partial charge on any atom is 0.335 e. The zero-order valence-electron chi connectivity index (χ0n) is 44.4. The Hall–Kier alpha value is -6.17. The van der Waals surface area contributed by atoms with Gasteiger partial charge in [0.2, 0.25) is 17.4 Å². The van der Waals surface area contributed by atoms with Crippen molar-refractivity contribution in [3.63, 3.8) is 0 Å². The Labute approximate surface area is 472 Å². The van der Waals surface area contributed by atoms with E-state index in [-0.39, 0.29) is 100 Å². The van der Waals surface area contributed by atoms with Crippen LogP contribution in [0.15, 0.2) is 116 Å². The second-order valence-electron chi connectivity index (χ2n) is 19.6. The molecule has 1 atom stereocenters. The number of aromatic nitrogens is 1. The van der Waals surface area contributed by atoms with Gasteiger partial charge in [0.1, 0.15) is 16.4 Å². The first-order valence-electron chi connectivity index (χ1n) is 24.8. The fourth-order valence-corrected chi connectivity index (χ4v) is 13.4. The van der Waals surface area contributed by atoms with Gasteiger partial charge in [-0.2, -0.15) is 46.7 Å². The largest absolute Gasteiger partial charge is 0.492 e. The number of benzene rings is 4. The van der Waals surface area contributed by atoms with E-state index in [1.165, 1.54) is 19.2 Å². The van der Waals surface area contributed by atoms with Gasteiger partial charge in [0.05, 0.1) is 67.0 Å². The molecule has 0 aliphatic carbocycles. The Morgan fingerprint density at radius 3 is 1.70 bits per heavy atom. The van der Waals surface area contributed by atoms with Gasteiger partial charge >= 0.3 is 5.97 Å². The molecule has 5 aromatic rings. The van der Waals surface area contributed by atoms with Crippen LogP contribution in [0.1, 0.15) is 51.2 Å². The SMILES string of the molecule is COCCN1C(=CC=CC=CC2=[N+](CCOCCOCCOCCC(=O)On3c(O)ccc3O)c3ccc4c(S(=O)(=O)O)cc(S(=O)(=O)O)cc4c3C2(C)C)C(C)(CCCS(=O)(=O)O)c2c1ccc1c(S(=O)(=O)O)cc(S(=O)(=O)O)cc21. The molecule has 1 aromatic heterocycles. The topological polar surface area (TPSA) is 387 Å². The summed E-state index contributed by atoms with van der Waals surface area (Å²) in [6.45, 7) is 6.16. The summed E-state index contributed by atoms with van der Waals surface area (Å²) in [6.07, 6.45) is 7.94. The summed E-state index contributed by atoms with van der Waals surface area (Å²) in [4.78, 5) is 15.5. The fraction of sp³-hybridized carbons (Fsp3) is 0.373. The first kappa shape index (κ1) is 63.4. The predicted molar refractivity (Wildman–Crippen MR) is 295 cm³/mol. The molecule has 0 saturated carbocycles. The van der Waals surface area contributed by atoms with Gasteiger partial charge in [0, 0.05) is 71.1 Å². The van der Waals surface area contributed by atoms with E-state index < -0.39 is 104 Å². The molecule has 0 spiro atoms. The molecule has 7 rings (SSSR count). The maximum absolute atomic E-state index is 12.7. The molecule has 7 N–H and O–H groups in total. The lowest BCUT2D eigenvalue weighted by Crippen LogP contribution is -2.31. The van der Waals surface area contributed by atoms with Gasteiger partial charge in [0.15, 0.2) is 12.3 Å². The van der Waals surface area contributed by atoms with Gasteiger partial charge < -0.3 is 38.9 Å². The van der Waals surface area contributed by atoms with E-state index in [1.54, 1.807) is 68.2 Å². The molecule has 0 amide bonds. The summed E-state index contributed by atoms with van der Waals surface area (Å²) in [5.41, 5.74) is 0.270. The number of anilines is 1. The molecule has 0 bridgehead atoms. The van der Waals surface area contributed by atoms with Gasteiger partial charge in [-0.05, 0) is 92.4 Å². The van der Waals surface area contributed by atoms with Crippen LogP contribution in [0.25, 0.3) is 21.5 Å². The summed E-state index contributed by atoms with van der Waals surface area (Å²) < 4.78 is 201. The second kappa shape index (κ2) is 24.6. The summed E-state index contributed by atoms with van der Waals surface area (Å²) in [5.74, 6) is -2.41. The number of ether oxygens (including phenoxy) is 4. The Bertz CT molecular complexity index is 4020. The Kier molecular flexibility index (Phi) is 19.0. The fourth-order valence-electron chi connectivity index (χ4n) is 10.2. The van der Waals surface area contributed by atoms with Crippen LogP contribution in [0.2, 0.25) is 0 Å². The van der Waals surface area contributed by atoms with Gasteiger partial charge in [-0.25, -0.2) is 4.79 Å². The number of nitrogens with zero attached hydrogens (tertiary/aromatic N) is 3. The zero-order valence-corrected chi connectivity index (χ0v) is 48.5. The molecule has 0 radical (unpaired) electrons. The van der Waals surface area contributed by atoms with Crippen molar-refractivity contribution < 1.29 is 108 Å². The van der Waals surface area contributed by atoms with E-state index in [1.807, 2.05) is 4.58 Å². The number of aromatic hydroxyl groups is 2. The van der Waals surface area contributed by atoms with E-state index in [0.717, 1.165) is 24.3 Å². The molecule has 0 fully saturated rings. The van der Waals surface area contributed by atoms with Crippen LogP contribution < -0.4 is 9.74 Å². The normalized spacial score (nSPS) is 17.3. The number of fused-ring (bicyclic) bond motifs is 6. The van der Waals surface area contributed by atoms with Crippen molar-refractivity contribution in [1.82, 2.24) is 4.73 Å². The monoisotopic (exact) mass is 1240 g/mol. The Morgan fingerprint density at radius 2 is 1.16 bits per heavy atom. The third kappa shape index (κ3) is 14.1. The van der Waals surface area contributed by atoms with Crippen molar-refractivity contribution in [2.45, 2.75) is 70.4 Å². The lowest BCUT2D eigenvalue weighted by atomic mass is 9.75. The Balaban J connectivity index is 1.20. The molecule has 446 valence electrons. The second-order valence-corrected chi connectivity index (χ2v) is 26.8. The molecule has 3 heterocycles. The number of hydrogen-bond acceptors (Lipinski definition) is 19. The van der Waals surface area contributed by atoms with E-state index in [9.17, 15) is 79.9 Å². The van der Waals surface area contributed by atoms with Gasteiger partial charge in [0.25, 0.3) is 50.6 Å². The molecule has 26 nitrogen and oxygen atoms in total. The van der Waals surface area contributed by atoms with Crippen LogP contribution >= 0.6 is 0 Å². The predicted octanol–water partition coefficient (Wildman–Crippen LogP) is 4.75. The summed E-state index contributed by atoms with van der Waals surface area (Å²) in [6, 6.07) is 11.6. The van der Waals surface area contributed by atoms with Gasteiger partial charge in [-0.1, -0.05) is 24.3 Å². The standard InChI is InChI=1S/C51H59N3O23S5/c1-50(2)43(9-6-5-7-10-44-51(3,18-8-28-78(58,59)60)49-38-30-34(80(64,65)66)32-42(82(70,71)72)36(38)12-14-40(49)53(44)19-22-73-4)52(39-13-11-35-37(48(39)50)29-33(79(61,62)63)31-41(35)81(67,68)69)20-23-75-25-27-76-26-24-74-21-17-47(57)77-54-45(55)15-16-46(54)56/h5-7,9-16,29-32H,8,17-28H2,1-4H3,(H6-,55,56,58,59,60,61,62,63,64,65,66,67,68,69,70,71,72)/p+1. The number of carbonyl (C=O) groups excluding carboxylic acids is 1. The van der Waals surface area contributed by atoms with Crippen LogP contribution in [0.5, 0.6) is 11.8 Å². The van der Waals surface area contributed by atoms with Crippen molar-refractivity contribution in [3.8, 4) is 11.8 Å². The van der Waals surface area contributed by atoms with E-state index in [4.69, 9.17) is 23.8 Å². The number of allylic oxidation sites excluding steroid dienone is 6. The summed E-state index contributed by atoms with van der Waals surface area (Å²) in [7, 11) is -23.3. The van der Waals surface area contributed by atoms with E-state index >= 15 is 0 Å². The van der Waals surface area contributed by atoms with Crippen molar-refractivity contribution in [2.75, 3.05) is 77.1 Å². The summed E-state index contributed by atoms with van der Waals surface area (Å²) >= 11 is 0. The van der Waals surface area contributed by atoms with Crippen molar-refractivity contribution in [1.29, 1.82) is 0 Å². The molecule has 31 heteroatoms. The zero-order chi connectivity index (χ0) is 60.4. The van der Waals surface area contributed by atoms with Crippen molar-refractivity contribution >= 4 is 95.2 Å². The molecule has 2 aliphatic rings. The first-order valence-corrected chi connectivity index (χ1v) is 32.2. The number of hydrogen-bond donors (Lipinski definition) is 7. The molecule has 4 aromatic carbocycles. The van der Waals surface area contributed by atoms with Gasteiger partial charge in [-0.15, -0.1) is 4.73 Å². The quantitative estimate of drug-likeness (QED) is 0.0161. The third-order valence-electron chi connectivity index (χ3n) is 13.8. The molecule has 1 unspecified atom stereocenters. The number of rotatable bonds is 27. The number of methoxy groups -OCH3 is 1. The number of carbonyl (C=O) groups is 1. The Morgan fingerprint density at radius 1 is 0.622 bits per heavy atom. The lowest BCUT2D eigenvalue weighted by molar-refractivity contribution is -0.442. The van der Waals surface area contributed by atoms with Crippen LogP contribution in [-0.4, -0.2) is 168 Å². The average Bonchev–Trinajstić information content (AvgIpc) is 1.73. The van der Waals surface area contributed by atoms with Crippen molar-refractivity contribution in [2.24, 2.45) is 0 Å². The van der Waals surface area contributed by atoms with Crippen LogP contribution in [0.3, 0.4) is 0 Å². The maximum atomic E-state index is 12.7. The molecular weight excluding hydrogens is 1180 g/mol. The highest BCUT2D eigenvalue weighted by Gasteiger charge is 2.47. The molecule has 82 heavy (non-hydrogen) atoms. The highest BCUT2D eigenvalue weighted by molar-refractivity contribution is 7.87. The highest BCUT2D eigenvalue weighted by atomic mass is 32.2. The molecule has 2 aliphatic heterocycles. The summed E-state index contributed by atoms with van der Waals surface area (Å²) in [5, 5.41) is 19.2. The minimum absolute atomic E-state index is 0.0138. The first-order chi connectivity index (χ1) is 38.2. The van der Waals surface area contributed by atoms with Crippen molar-refractivity contribution in [3.05, 3.63) is 108 Å². The highest BCUT2D eigenvalue weighted by Crippen LogP contribution is 2.54. The van der Waals surface area contributed by atoms with Crippen LogP contribution in [0.4, 0.5) is 11.4 Å². The minimum atomic E-state index is -5.12. The third-order valence-corrected chi connectivity index (χ3v) is 18.0. The molecule has 0 saturated heterocycles. The minimum Gasteiger partial charge on any atom is -0.492 e. The smallest absolute Gasteiger partial charge is 0.335 e. The van der Waals surface area contributed by atoms with E-state index in [0.29, 0.717) is 50.8 Å². The van der Waals surface area contributed by atoms with Crippen LogP contribution in [0, 0.1) is 0 Å². The average molecular weight is 1240 g/mol. The van der Waals surface area contributed by atoms with Crippen LogP contribution in [-0.2, 0) is 85.2 Å². The molecular formula is C51H60N3O23S5+.